The Hall–Kier alpha value is -6.80. The lowest BCUT2D eigenvalue weighted by atomic mass is 9.94. The molecule has 0 radical (unpaired) electrons. The summed E-state index contributed by atoms with van der Waals surface area (Å²) in [6.45, 7) is 0. The van der Waals surface area contributed by atoms with Crippen LogP contribution in [0.25, 0.3) is 77.5 Å². The third-order valence-corrected chi connectivity index (χ3v) is 13.6. The van der Waals surface area contributed by atoms with E-state index in [9.17, 15) is 0 Å². The second-order valence-electron chi connectivity index (χ2n) is 13.8. The lowest BCUT2D eigenvalue weighted by Gasteiger charge is -2.20. The average molecular weight is 724 g/mol. The summed E-state index contributed by atoms with van der Waals surface area (Å²) in [5.41, 5.74) is 10.8. The first-order valence-corrected chi connectivity index (χ1v) is 20.2. The number of hydrogen-bond donors (Lipinski definition) is 0. The normalized spacial score (nSPS) is 11.7. The number of rotatable bonds is 7. The molecular weight excluding hydrogens is 690 g/mol. The monoisotopic (exact) mass is 723 g/mol. The summed E-state index contributed by atoms with van der Waals surface area (Å²) < 4.78 is 22.0. The Labute approximate surface area is 319 Å². The molecule has 0 aliphatic rings. The van der Waals surface area contributed by atoms with Crippen molar-refractivity contribution < 1.29 is 8.98 Å². The van der Waals surface area contributed by atoms with Crippen LogP contribution in [0.5, 0.6) is 0 Å². The number of furan rings is 1. The Bertz CT molecular complexity index is 3000. The first-order valence-electron chi connectivity index (χ1n) is 18.5. The highest BCUT2D eigenvalue weighted by Gasteiger charge is 2.30. The minimum absolute atomic E-state index is 0.755. The maximum absolute atomic E-state index is 15.2. The van der Waals surface area contributed by atoms with Gasteiger partial charge >= 0.3 is 0 Å². The molecule has 0 fully saturated rings. The average Bonchev–Trinajstić information content (AvgIpc) is 3.66. The maximum atomic E-state index is 15.2. The van der Waals surface area contributed by atoms with Crippen LogP contribution < -0.4 is 15.9 Å². The van der Waals surface area contributed by atoms with Gasteiger partial charge in [0.05, 0.1) is 5.52 Å². The van der Waals surface area contributed by atoms with E-state index in [1.165, 1.54) is 11.1 Å². The second kappa shape index (κ2) is 13.6. The first kappa shape index (κ1) is 32.8. The van der Waals surface area contributed by atoms with Gasteiger partial charge in [0, 0.05) is 37.6 Å². The Morgan fingerprint density at radius 2 is 0.927 bits per heavy atom. The molecule has 0 saturated heterocycles. The Morgan fingerprint density at radius 1 is 0.400 bits per heavy atom. The van der Waals surface area contributed by atoms with Crippen LogP contribution in [-0.4, -0.2) is 4.98 Å². The highest BCUT2D eigenvalue weighted by Crippen LogP contribution is 2.45. The molecular formula is C51H34NO2P. The third-order valence-electron chi connectivity index (χ3n) is 10.6. The van der Waals surface area contributed by atoms with Crippen molar-refractivity contribution in [2.45, 2.75) is 0 Å². The molecule has 0 bridgehead atoms. The molecule has 8 aromatic carbocycles. The number of fused-ring (bicyclic) bond motifs is 5. The largest absolute Gasteiger partial charge is 0.454 e. The fraction of sp³-hybridized carbons (Fsp3) is 0. The van der Waals surface area contributed by atoms with Crippen LogP contribution in [0.2, 0.25) is 0 Å². The molecule has 0 aliphatic carbocycles. The smallest absolute Gasteiger partial charge is 0.171 e. The molecule has 10 rings (SSSR count). The molecule has 0 saturated carbocycles. The molecule has 260 valence electrons. The van der Waals surface area contributed by atoms with E-state index in [2.05, 4.69) is 115 Å². The Balaban J connectivity index is 1.12. The van der Waals surface area contributed by atoms with Gasteiger partial charge in [0.1, 0.15) is 11.3 Å². The topological polar surface area (TPSA) is 43.1 Å². The van der Waals surface area contributed by atoms with Crippen LogP contribution in [0.4, 0.5) is 0 Å². The number of aromatic nitrogens is 1. The number of para-hydroxylation sites is 1. The molecule has 0 unspecified atom stereocenters. The number of nitrogens with zero attached hydrogens (tertiary/aromatic N) is 1. The fourth-order valence-corrected chi connectivity index (χ4v) is 10.6. The van der Waals surface area contributed by atoms with E-state index in [0.717, 1.165) is 82.3 Å². The Morgan fingerprint density at radius 3 is 1.65 bits per heavy atom. The quantitative estimate of drug-likeness (QED) is 0.154. The van der Waals surface area contributed by atoms with Crippen LogP contribution >= 0.6 is 7.14 Å². The summed E-state index contributed by atoms with van der Waals surface area (Å²) >= 11 is 0. The molecule has 2 aromatic heterocycles. The van der Waals surface area contributed by atoms with Crippen LogP contribution in [0.3, 0.4) is 0 Å². The van der Waals surface area contributed by atoms with Crippen LogP contribution in [0.1, 0.15) is 0 Å². The molecule has 4 heteroatoms. The zero-order valence-electron chi connectivity index (χ0n) is 29.8. The zero-order chi connectivity index (χ0) is 36.8. The standard InChI is InChI=1S/C51H34NO2P/c53-55(41-20-6-2-7-21-41,42-22-8-3-9-23-42)43-24-13-18-39(34-43)38-17-12-19-40(33-38)50-51-49(45-25-10-11-28-47(45)54-51)48-44(26-14-27-46(48)52-50)37-31-29-36(30-32-37)35-15-4-1-5-16-35/h1-34H. The van der Waals surface area contributed by atoms with Gasteiger partial charge in [-0.05, 0) is 57.6 Å². The second-order valence-corrected chi connectivity index (χ2v) is 16.6. The van der Waals surface area contributed by atoms with Gasteiger partial charge in [0.2, 0.25) is 0 Å². The highest BCUT2D eigenvalue weighted by molar-refractivity contribution is 7.85. The zero-order valence-corrected chi connectivity index (χ0v) is 30.7. The molecule has 55 heavy (non-hydrogen) atoms. The summed E-state index contributed by atoms with van der Waals surface area (Å²) in [5, 5.41) is 5.59. The summed E-state index contributed by atoms with van der Waals surface area (Å²) in [6, 6.07) is 70.1. The molecule has 2 heterocycles. The summed E-state index contributed by atoms with van der Waals surface area (Å²) in [7, 11) is -3.15. The van der Waals surface area contributed by atoms with E-state index in [1.807, 2.05) is 91.0 Å². The van der Waals surface area contributed by atoms with Crippen molar-refractivity contribution in [1.82, 2.24) is 4.98 Å². The molecule has 0 N–H and O–H groups in total. The highest BCUT2D eigenvalue weighted by atomic mass is 31.2. The predicted molar refractivity (Wildman–Crippen MR) is 230 cm³/mol. The lowest BCUT2D eigenvalue weighted by Crippen LogP contribution is -2.25. The summed E-state index contributed by atoms with van der Waals surface area (Å²) in [6.07, 6.45) is 0. The minimum atomic E-state index is -3.15. The van der Waals surface area contributed by atoms with E-state index in [1.54, 1.807) is 0 Å². The lowest BCUT2D eigenvalue weighted by molar-refractivity contribution is 0.592. The van der Waals surface area contributed by atoms with Crippen molar-refractivity contribution in [1.29, 1.82) is 0 Å². The van der Waals surface area contributed by atoms with Crippen molar-refractivity contribution in [3.05, 3.63) is 206 Å². The van der Waals surface area contributed by atoms with Crippen molar-refractivity contribution in [2.75, 3.05) is 0 Å². The number of pyridine rings is 1. The number of hydrogen-bond acceptors (Lipinski definition) is 3. The summed E-state index contributed by atoms with van der Waals surface area (Å²) in [5.74, 6) is 0. The molecule has 3 nitrogen and oxygen atoms in total. The van der Waals surface area contributed by atoms with Gasteiger partial charge in [-0.15, -0.1) is 0 Å². The molecule has 0 spiro atoms. The molecule has 0 atom stereocenters. The van der Waals surface area contributed by atoms with E-state index >= 15 is 4.57 Å². The number of benzene rings is 8. The van der Waals surface area contributed by atoms with Crippen LogP contribution in [0.15, 0.2) is 211 Å². The van der Waals surface area contributed by atoms with Gasteiger partial charge in [-0.3, -0.25) is 0 Å². The summed E-state index contributed by atoms with van der Waals surface area (Å²) in [4.78, 5) is 5.35. The first-order chi connectivity index (χ1) is 27.1. The van der Waals surface area contributed by atoms with E-state index in [0.29, 0.717) is 0 Å². The van der Waals surface area contributed by atoms with Crippen molar-refractivity contribution in [3.8, 4) is 44.6 Å². The predicted octanol–water partition coefficient (Wildman–Crippen LogP) is 12.4. The molecule has 10 aromatic rings. The van der Waals surface area contributed by atoms with Crippen molar-refractivity contribution in [2.24, 2.45) is 0 Å². The van der Waals surface area contributed by atoms with E-state index < -0.39 is 7.14 Å². The maximum Gasteiger partial charge on any atom is 0.171 e. The van der Waals surface area contributed by atoms with Gasteiger partial charge in [0.25, 0.3) is 0 Å². The van der Waals surface area contributed by atoms with E-state index in [4.69, 9.17) is 9.40 Å². The Kier molecular flexibility index (Phi) is 8.09. The minimum Gasteiger partial charge on any atom is -0.454 e. The molecule has 0 amide bonds. The fourth-order valence-electron chi connectivity index (χ4n) is 7.89. The van der Waals surface area contributed by atoms with Crippen LogP contribution in [-0.2, 0) is 4.57 Å². The van der Waals surface area contributed by atoms with Gasteiger partial charge in [-0.1, -0.05) is 182 Å². The third kappa shape index (κ3) is 5.69. The van der Waals surface area contributed by atoms with Crippen molar-refractivity contribution in [3.63, 3.8) is 0 Å². The SMILES string of the molecule is O=P(c1ccccc1)(c1ccccc1)c1cccc(-c2cccc(-c3nc4cccc(-c5ccc(-c6ccccc6)cc5)c4c4c3oc3ccccc34)c2)c1. The van der Waals surface area contributed by atoms with Gasteiger partial charge < -0.3 is 8.98 Å². The van der Waals surface area contributed by atoms with Gasteiger partial charge in [-0.25, -0.2) is 4.98 Å². The van der Waals surface area contributed by atoms with Gasteiger partial charge in [-0.2, -0.15) is 0 Å². The molecule has 0 aliphatic heterocycles. The van der Waals surface area contributed by atoms with Crippen molar-refractivity contribution >= 4 is 55.9 Å². The van der Waals surface area contributed by atoms with E-state index in [-0.39, 0.29) is 0 Å². The van der Waals surface area contributed by atoms with Crippen LogP contribution in [0, 0.1) is 0 Å². The van der Waals surface area contributed by atoms with Gasteiger partial charge in [0.15, 0.2) is 12.7 Å².